The Hall–Kier alpha value is -3.04. The lowest BCUT2D eigenvalue weighted by atomic mass is 10.0. The molecule has 0 bridgehead atoms. The second-order valence-corrected chi connectivity index (χ2v) is 5.91. The molecule has 1 amide bonds. The maximum atomic E-state index is 11.4. The van der Waals surface area contributed by atoms with E-state index >= 15 is 0 Å². The van der Waals surface area contributed by atoms with Gasteiger partial charge >= 0.3 is 5.97 Å². The molecule has 0 aliphatic carbocycles. The van der Waals surface area contributed by atoms with Gasteiger partial charge in [0.15, 0.2) is 11.5 Å². The van der Waals surface area contributed by atoms with Crippen LogP contribution in [0.15, 0.2) is 34.7 Å². The number of carbonyl (C=O) groups excluding carboxylic acids is 2. The number of esters is 1. The summed E-state index contributed by atoms with van der Waals surface area (Å²) >= 11 is 0. The minimum atomic E-state index is -1.22. The highest BCUT2D eigenvalue weighted by Crippen LogP contribution is 2.32. The van der Waals surface area contributed by atoms with Gasteiger partial charge in [-0.1, -0.05) is 6.07 Å². The van der Waals surface area contributed by atoms with Crippen molar-refractivity contribution < 1.29 is 38.4 Å². The zero-order chi connectivity index (χ0) is 20.7. The van der Waals surface area contributed by atoms with Crippen LogP contribution in [0.3, 0.4) is 0 Å². The smallest absolute Gasteiger partial charge is 0.373 e. The molecule has 0 fully saturated rings. The first-order valence-corrected chi connectivity index (χ1v) is 8.44. The molecule has 2 atom stereocenters. The SMILES string of the molecule is COC(=O)c1ccc(COc2ccc(C(O)C(O)CNC(C)=O)cc2OC)o1. The summed E-state index contributed by atoms with van der Waals surface area (Å²) in [7, 11) is 2.70. The minimum Gasteiger partial charge on any atom is -0.493 e. The number of amides is 1. The number of methoxy groups -OCH3 is 2. The molecular weight excluding hydrogens is 370 g/mol. The molecule has 0 aliphatic heterocycles. The normalized spacial score (nSPS) is 12.8. The Morgan fingerprint density at radius 2 is 1.89 bits per heavy atom. The summed E-state index contributed by atoms with van der Waals surface area (Å²) in [5.41, 5.74) is 0.396. The van der Waals surface area contributed by atoms with E-state index in [1.807, 2.05) is 0 Å². The molecule has 2 rings (SSSR count). The fourth-order valence-corrected chi connectivity index (χ4v) is 2.38. The van der Waals surface area contributed by atoms with Crippen LogP contribution in [-0.4, -0.2) is 49.0 Å². The quantitative estimate of drug-likeness (QED) is 0.542. The molecule has 9 nitrogen and oxygen atoms in total. The van der Waals surface area contributed by atoms with Crippen LogP contribution in [0.2, 0.25) is 0 Å². The van der Waals surface area contributed by atoms with Crippen LogP contribution >= 0.6 is 0 Å². The average molecular weight is 393 g/mol. The summed E-state index contributed by atoms with van der Waals surface area (Å²) in [5.74, 6) is 0.312. The highest BCUT2D eigenvalue weighted by atomic mass is 16.5. The Labute approximate surface area is 161 Å². The Morgan fingerprint density at radius 3 is 2.54 bits per heavy atom. The zero-order valence-corrected chi connectivity index (χ0v) is 15.8. The maximum absolute atomic E-state index is 11.4. The van der Waals surface area contributed by atoms with E-state index in [1.165, 1.54) is 33.3 Å². The van der Waals surface area contributed by atoms with E-state index < -0.39 is 18.2 Å². The van der Waals surface area contributed by atoms with Gasteiger partial charge in [0.2, 0.25) is 11.7 Å². The molecule has 2 unspecified atom stereocenters. The third-order valence-electron chi connectivity index (χ3n) is 3.87. The Morgan fingerprint density at radius 1 is 1.14 bits per heavy atom. The number of aliphatic hydroxyl groups is 2. The average Bonchev–Trinajstić information content (AvgIpc) is 3.18. The van der Waals surface area contributed by atoms with E-state index in [9.17, 15) is 19.8 Å². The summed E-state index contributed by atoms with van der Waals surface area (Å²) < 4.78 is 20.8. The number of rotatable bonds is 9. The number of hydrogen-bond donors (Lipinski definition) is 3. The van der Waals surface area contributed by atoms with E-state index in [0.29, 0.717) is 22.8 Å². The number of aliphatic hydroxyl groups excluding tert-OH is 2. The van der Waals surface area contributed by atoms with Gasteiger partial charge in [-0.3, -0.25) is 4.79 Å². The van der Waals surface area contributed by atoms with E-state index in [4.69, 9.17) is 13.9 Å². The molecule has 0 saturated carbocycles. The molecule has 0 saturated heterocycles. The maximum Gasteiger partial charge on any atom is 0.373 e. The van der Waals surface area contributed by atoms with Crippen molar-refractivity contribution in [2.24, 2.45) is 0 Å². The summed E-state index contributed by atoms with van der Waals surface area (Å²) in [6.45, 7) is 1.28. The molecule has 0 radical (unpaired) electrons. The van der Waals surface area contributed by atoms with Gasteiger partial charge in [-0.25, -0.2) is 4.79 Å². The van der Waals surface area contributed by atoms with Gasteiger partial charge in [0.1, 0.15) is 24.6 Å². The van der Waals surface area contributed by atoms with Gasteiger partial charge in [-0.15, -0.1) is 0 Å². The molecule has 28 heavy (non-hydrogen) atoms. The first-order valence-electron chi connectivity index (χ1n) is 8.44. The second kappa shape index (κ2) is 9.77. The summed E-state index contributed by atoms with van der Waals surface area (Å²) in [5, 5.41) is 22.7. The molecule has 152 valence electrons. The lowest BCUT2D eigenvalue weighted by Crippen LogP contribution is -2.34. The first kappa shape index (κ1) is 21.3. The van der Waals surface area contributed by atoms with Crippen molar-refractivity contribution in [3.05, 3.63) is 47.4 Å². The van der Waals surface area contributed by atoms with E-state index in [1.54, 1.807) is 18.2 Å². The summed E-state index contributed by atoms with van der Waals surface area (Å²) in [6.07, 6.45) is -2.40. The Balaban J connectivity index is 2.05. The van der Waals surface area contributed by atoms with Crippen molar-refractivity contribution in [1.82, 2.24) is 5.32 Å². The molecular formula is C19H23NO8. The molecule has 9 heteroatoms. The van der Waals surface area contributed by atoms with E-state index in [0.717, 1.165) is 0 Å². The fourth-order valence-electron chi connectivity index (χ4n) is 2.38. The number of hydrogen-bond acceptors (Lipinski definition) is 8. The van der Waals surface area contributed by atoms with E-state index in [-0.39, 0.29) is 24.8 Å². The highest BCUT2D eigenvalue weighted by Gasteiger charge is 2.20. The van der Waals surface area contributed by atoms with Crippen LogP contribution in [0.4, 0.5) is 0 Å². The monoisotopic (exact) mass is 393 g/mol. The van der Waals surface area contributed by atoms with Crippen molar-refractivity contribution in [3.63, 3.8) is 0 Å². The van der Waals surface area contributed by atoms with Crippen molar-refractivity contribution in [2.75, 3.05) is 20.8 Å². The largest absolute Gasteiger partial charge is 0.493 e. The van der Waals surface area contributed by atoms with Gasteiger partial charge < -0.3 is 34.2 Å². The van der Waals surface area contributed by atoms with Gasteiger partial charge in [0.25, 0.3) is 0 Å². The van der Waals surface area contributed by atoms with Crippen LogP contribution in [0.1, 0.15) is 34.9 Å². The van der Waals surface area contributed by atoms with Crippen LogP contribution in [0.5, 0.6) is 11.5 Å². The molecule has 0 aliphatic rings. The topological polar surface area (TPSA) is 127 Å². The predicted octanol–water partition coefficient (Wildman–Crippen LogP) is 1.18. The van der Waals surface area contributed by atoms with Gasteiger partial charge in [-0.2, -0.15) is 0 Å². The van der Waals surface area contributed by atoms with Crippen LogP contribution in [0.25, 0.3) is 0 Å². The Kier molecular flexibility index (Phi) is 7.42. The van der Waals surface area contributed by atoms with Crippen LogP contribution < -0.4 is 14.8 Å². The molecule has 0 spiro atoms. The minimum absolute atomic E-state index is 0.0421. The van der Waals surface area contributed by atoms with Crippen molar-refractivity contribution in [2.45, 2.75) is 25.7 Å². The highest BCUT2D eigenvalue weighted by molar-refractivity contribution is 5.86. The lowest BCUT2D eigenvalue weighted by molar-refractivity contribution is -0.119. The third kappa shape index (κ3) is 5.48. The number of nitrogens with one attached hydrogen (secondary N) is 1. The first-order chi connectivity index (χ1) is 13.3. The predicted molar refractivity (Wildman–Crippen MR) is 97.0 cm³/mol. The molecule has 1 aromatic heterocycles. The van der Waals surface area contributed by atoms with Crippen molar-refractivity contribution in [1.29, 1.82) is 0 Å². The molecule has 1 aromatic carbocycles. The standard InChI is InChI=1S/C19H23NO8/c1-11(21)20-9-14(22)18(23)12-4-6-15(17(8-12)25-2)27-10-13-5-7-16(28-13)19(24)26-3/h4-8,14,18,22-23H,9-10H2,1-3H3,(H,20,21). The third-order valence-corrected chi connectivity index (χ3v) is 3.87. The van der Waals surface area contributed by atoms with Crippen LogP contribution in [0, 0.1) is 0 Å². The lowest BCUT2D eigenvalue weighted by Gasteiger charge is -2.19. The fraction of sp³-hybridized carbons (Fsp3) is 0.368. The van der Waals surface area contributed by atoms with E-state index in [2.05, 4.69) is 10.1 Å². The van der Waals surface area contributed by atoms with Gasteiger partial charge in [0.05, 0.1) is 14.2 Å². The number of benzene rings is 1. The van der Waals surface area contributed by atoms with Crippen molar-refractivity contribution >= 4 is 11.9 Å². The number of carbonyl (C=O) groups is 2. The van der Waals surface area contributed by atoms with Crippen LogP contribution in [-0.2, 0) is 16.1 Å². The number of furan rings is 1. The summed E-state index contributed by atoms with van der Waals surface area (Å²) in [4.78, 5) is 22.3. The number of ether oxygens (including phenoxy) is 3. The molecule has 3 N–H and O–H groups in total. The molecule has 1 heterocycles. The molecule has 2 aromatic rings. The van der Waals surface area contributed by atoms with Gasteiger partial charge in [0, 0.05) is 13.5 Å². The zero-order valence-electron chi connectivity index (χ0n) is 15.8. The Bertz CT molecular complexity index is 816. The van der Waals surface area contributed by atoms with Crippen molar-refractivity contribution in [3.8, 4) is 11.5 Å². The second-order valence-electron chi connectivity index (χ2n) is 5.91. The van der Waals surface area contributed by atoms with Gasteiger partial charge in [-0.05, 0) is 29.8 Å². The summed E-state index contributed by atoms with van der Waals surface area (Å²) in [6, 6.07) is 7.75.